The molecule has 0 saturated carbocycles. The van der Waals surface area contributed by atoms with Gasteiger partial charge in [0, 0.05) is 37.6 Å². The van der Waals surface area contributed by atoms with E-state index in [4.69, 9.17) is 16.3 Å². The van der Waals surface area contributed by atoms with E-state index in [2.05, 4.69) is 0 Å². The van der Waals surface area contributed by atoms with E-state index in [-0.39, 0.29) is 12.0 Å². The molecule has 92 valence electrons. The molecule has 0 aromatic carbocycles. The van der Waals surface area contributed by atoms with Gasteiger partial charge in [0.2, 0.25) is 5.91 Å². The number of ether oxygens (including phenoxy) is 1. The molecule has 4 heteroatoms. The molecule has 2 aliphatic heterocycles. The highest BCUT2D eigenvalue weighted by Gasteiger charge is 2.31. The number of alkyl halides is 1. The van der Waals surface area contributed by atoms with E-state index in [1.807, 2.05) is 4.90 Å². The molecule has 2 rings (SSSR count). The molecule has 0 bridgehead atoms. The topological polar surface area (TPSA) is 29.5 Å². The zero-order valence-corrected chi connectivity index (χ0v) is 10.4. The largest absolute Gasteiger partial charge is 0.381 e. The maximum atomic E-state index is 12.3. The predicted octanol–water partition coefficient (Wildman–Crippen LogP) is 2.03. The van der Waals surface area contributed by atoms with Crippen LogP contribution in [0.3, 0.4) is 0 Å². The van der Waals surface area contributed by atoms with Gasteiger partial charge in [-0.05, 0) is 32.1 Å². The molecule has 2 heterocycles. The minimum absolute atomic E-state index is 0.178. The lowest BCUT2D eigenvalue weighted by Gasteiger charge is -2.37. The van der Waals surface area contributed by atoms with Crippen molar-refractivity contribution in [1.29, 1.82) is 0 Å². The van der Waals surface area contributed by atoms with E-state index < -0.39 is 0 Å². The summed E-state index contributed by atoms with van der Waals surface area (Å²) >= 11 is 5.94. The molecule has 0 spiro atoms. The highest BCUT2D eigenvalue weighted by Crippen LogP contribution is 2.24. The molecule has 1 amide bonds. The molecular formula is C12H20ClNO2. The van der Waals surface area contributed by atoms with Gasteiger partial charge < -0.3 is 9.64 Å². The fourth-order valence-electron chi connectivity index (χ4n) is 2.63. The van der Waals surface area contributed by atoms with Gasteiger partial charge in [0.05, 0.1) is 0 Å². The summed E-state index contributed by atoms with van der Waals surface area (Å²) in [6.07, 6.45) is 5.16. The molecule has 2 aliphatic rings. The van der Waals surface area contributed by atoms with E-state index in [1.165, 1.54) is 6.42 Å². The van der Waals surface area contributed by atoms with Crippen LogP contribution in [0.15, 0.2) is 0 Å². The van der Waals surface area contributed by atoms with E-state index in [9.17, 15) is 4.79 Å². The maximum Gasteiger partial charge on any atom is 0.226 e. The Morgan fingerprint density at radius 2 is 2.00 bits per heavy atom. The first-order chi connectivity index (χ1) is 7.83. The molecule has 0 radical (unpaired) electrons. The first-order valence-electron chi connectivity index (χ1n) is 6.27. The van der Waals surface area contributed by atoms with Crippen molar-refractivity contribution in [2.24, 2.45) is 5.92 Å². The Balaban J connectivity index is 1.95. The van der Waals surface area contributed by atoms with Crippen LogP contribution in [0.5, 0.6) is 0 Å². The Morgan fingerprint density at radius 1 is 1.25 bits per heavy atom. The Morgan fingerprint density at radius 3 is 2.69 bits per heavy atom. The fourth-order valence-corrected chi connectivity index (χ4v) is 2.95. The predicted molar refractivity (Wildman–Crippen MR) is 63.6 cm³/mol. The number of hydrogen-bond acceptors (Lipinski definition) is 2. The monoisotopic (exact) mass is 245 g/mol. The number of halogens is 1. The summed E-state index contributed by atoms with van der Waals surface area (Å²) in [5, 5.41) is 0. The van der Waals surface area contributed by atoms with Crippen LogP contribution in [-0.4, -0.2) is 42.5 Å². The number of rotatable bonds is 2. The molecule has 1 unspecified atom stereocenters. The van der Waals surface area contributed by atoms with Gasteiger partial charge in [0.25, 0.3) is 0 Å². The lowest BCUT2D eigenvalue weighted by Crippen LogP contribution is -2.48. The fraction of sp³-hybridized carbons (Fsp3) is 0.917. The number of nitrogens with zero attached hydrogens (tertiary/aromatic N) is 1. The van der Waals surface area contributed by atoms with Crippen LogP contribution in [0.1, 0.15) is 32.1 Å². The Labute approximate surface area is 102 Å². The highest BCUT2D eigenvalue weighted by molar-refractivity contribution is 6.18. The van der Waals surface area contributed by atoms with Crippen LogP contribution in [0.4, 0.5) is 0 Å². The summed E-state index contributed by atoms with van der Waals surface area (Å²) in [5.41, 5.74) is 0. The summed E-state index contributed by atoms with van der Waals surface area (Å²) in [7, 11) is 0. The molecule has 0 aromatic rings. The third-order valence-electron chi connectivity index (χ3n) is 3.66. The first-order valence-corrected chi connectivity index (χ1v) is 6.80. The van der Waals surface area contributed by atoms with Crippen molar-refractivity contribution in [2.75, 3.05) is 25.6 Å². The number of likely N-dealkylation sites (tertiary alicyclic amines) is 1. The SMILES string of the molecule is O=C(C1CCOCC1)N1CCCCC1CCl. The normalized spacial score (nSPS) is 28.1. The van der Waals surface area contributed by atoms with Crippen molar-refractivity contribution in [3.8, 4) is 0 Å². The molecule has 2 fully saturated rings. The maximum absolute atomic E-state index is 12.3. The minimum atomic E-state index is 0.178. The summed E-state index contributed by atoms with van der Waals surface area (Å²) in [6.45, 7) is 2.36. The van der Waals surface area contributed by atoms with Gasteiger partial charge in [-0.2, -0.15) is 0 Å². The third-order valence-corrected chi connectivity index (χ3v) is 4.02. The van der Waals surface area contributed by atoms with E-state index in [0.29, 0.717) is 11.8 Å². The van der Waals surface area contributed by atoms with Crippen LogP contribution < -0.4 is 0 Å². The number of hydrogen-bond donors (Lipinski definition) is 0. The minimum Gasteiger partial charge on any atom is -0.381 e. The Kier molecular flexibility index (Phi) is 4.47. The molecule has 1 atom stereocenters. The first kappa shape index (κ1) is 12.2. The van der Waals surface area contributed by atoms with Crippen molar-refractivity contribution in [1.82, 2.24) is 4.90 Å². The lowest BCUT2D eigenvalue weighted by atomic mass is 9.95. The molecule has 0 aliphatic carbocycles. The average molecular weight is 246 g/mol. The number of carbonyl (C=O) groups is 1. The van der Waals surface area contributed by atoms with Gasteiger partial charge in [-0.25, -0.2) is 0 Å². The molecule has 0 aromatic heterocycles. The number of carbonyl (C=O) groups excluding carboxylic acids is 1. The molecular weight excluding hydrogens is 226 g/mol. The smallest absolute Gasteiger partial charge is 0.226 e. The van der Waals surface area contributed by atoms with Crippen molar-refractivity contribution >= 4 is 17.5 Å². The second-order valence-electron chi connectivity index (χ2n) is 4.72. The second-order valence-corrected chi connectivity index (χ2v) is 5.03. The summed E-state index contributed by atoms with van der Waals surface area (Å²) in [4.78, 5) is 14.4. The lowest BCUT2D eigenvalue weighted by molar-refractivity contribution is -0.141. The standard InChI is InChI=1S/C12H20ClNO2/c13-9-11-3-1-2-6-14(11)12(15)10-4-7-16-8-5-10/h10-11H,1-9H2. The summed E-state index contributed by atoms with van der Waals surface area (Å²) in [6, 6.07) is 0.269. The number of piperidine rings is 1. The average Bonchev–Trinajstić information content (AvgIpc) is 2.39. The van der Waals surface area contributed by atoms with Crippen molar-refractivity contribution in [2.45, 2.75) is 38.1 Å². The van der Waals surface area contributed by atoms with Crippen LogP contribution in [0.2, 0.25) is 0 Å². The zero-order valence-electron chi connectivity index (χ0n) is 9.66. The van der Waals surface area contributed by atoms with Crippen LogP contribution in [-0.2, 0) is 9.53 Å². The van der Waals surface area contributed by atoms with Gasteiger partial charge in [-0.15, -0.1) is 11.6 Å². The quantitative estimate of drug-likeness (QED) is 0.697. The van der Waals surface area contributed by atoms with Gasteiger partial charge in [0.1, 0.15) is 0 Å². The van der Waals surface area contributed by atoms with Gasteiger partial charge in [0.15, 0.2) is 0 Å². The van der Waals surface area contributed by atoms with Crippen LogP contribution >= 0.6 is 11.6 Å². The van der Waals surface area contributed by atoms with Gasteiger partial charge >= 0.3 is 0 Å². The van der Waals surface area contributed by atoms with Crippen molar-refractivity contribution in [3.05, 3.63) is 0 Å². The Hall–Kier alpha value is -0.280. The van der Waals surface area contributed by atoms with Gasteiger partial charge in [-0.3, -0.25) is 4.79 Å². The van der Waals surface area contributed by atoms with Crippen LogP contribution in [0.25, 0.3) is 0 Å². The van der Waals surface area contributed by atoms with E-state index in [1.54, 1.807) is 0 Å². The van der Waals surface area contributed by atoms with Crippen molar-refractivity contribution in [3.63, 3.8) is 0 Å². The Bertz CT molecular complexity index is 241. The third kappa shape index (κ3) is 2.69. The van der Waals surface area contributed by atoms with E-state index >= 15 is 0 Å². The van der Waals surface area contributed by atoms with E-state index in [0.717, 1.165) is 45.4 Å². The van der Waals surface area contributed by atoms with Crippen molar-refractivity contribution < 1.29 is 9.53 Å². The zero-order chi connectivity index (χ0) is 11.4. The molecule has 16 heavy (non-hydrogen) atoms. The number of amides is 1. The second kappa shape index (κ2) is 5.87. The van der Waals surface area contributed by atoms with Gasteiger partial charge in [-0.1, -0.05) is 0 Å². The molecule has 0 N–H and O–H groups in total. The summed E-state index contributed by atoms with van der Waals surface area (Å²) < 4.78 is 5.29. The van der Waals surface area contributed by atoms with Crippen LogP contribution in [0, 0.1) is 5.92 Å². The highest BCUT2D eigenvalue weighted by atomic mass is 35.5. The molecule has 2 saturated heterocycles. The summed E-state index contributed by atoms with van der Waals surface area (Å²) in [5.74, 6) is 1.07. The molecule has 3 nitrogen and oxygen atoms in total.